The van der Waals surface area contributed by atoms with Gasteiger partial charge in [-0.3, -0.25) is 4.79 Å². The molecule has 10 heteroatoms. The maximum Gasteiger partial charge on any atom is 0.253 e. The van der Waals surface area contributed by atoms with Gasteiger partial charge in [-0.05, 0) is 48.4 Å². The monoisotopic (exact) mass is 568 g/mol. The number of nitrogens with zero attached hydrogens (tertiary/aromatic N) is 4. The van der Waals surface area contributed by atoms with Gasteiger partial charge in [0.1, 0.15) is 0 Å². The summed E-state index contributed by atoms with van der Waals surface area (Å²) < 4.78 is 28.9. The maximum absolute atomic E-state index is 13.2. The van der Waals surface area contributed by atoms with Crippen LogP contribution >= 0.6 is 22.9 Å². The lowest BCUT2D eigenvalue weighted by Crippen LogP contribution is -2.48. The first-order chi connectivity index (χ1) is 18.3. The Labute approximate surface area is 232 Å². The van der Waals surface area contributed by atoms with Crippen LogP contribution in [0.15, 0.2) is 71.6 Å². The molecule has 0 aliphatic carbocycles. The van der Waals surface area contributed by atoms with Crippen LogP contribution in [0.5, 0.6) is 0 Å². The van der Waals surface area contributed by atoms with E-state index in [1.807, 2.05) is 56.3 Å². The van der Waals surface area contributed by atoms with Crippen molar-refractivity contribution in [2.75, 3.05) is 37.6 Å². The average molecular weight is 569 g/mol. The molecule has 1 aliphatic heterocycles. The normalized spacial score (nSPS) is 14.4. The number of amides is 1. The van der Waals surface area contributed by atoms with Gasteiger partial charge in [-0.2, -0.15) is 4.31 Å². The molecule has 38 heavy (non-hydrogen) atoms. The molecular weight excluding hydrogens is 540 g/mol. The minimum atomic E-state index is -3.69. The SMILES string of the molecule is CCN(Cc1ccccc1)S(=O)(=O)c1ccc(C(=O)N2CCN(c3nc4c(C)ccc(Cl)c4s3)CC2)cc1. The molecule has 198 valence electrons. The second-order valence-electron chi connectivity index (χ2n) is 9.26. The molecule has 4 aromatic rings. The third kappa shape index (κ3) is 5.29. The number of anilines is 1. The second kappa shape index (κ2) is 11.0. The number of sulfonamides is 1. The molecular formula is C28H29ClN4O3S2. The molecule has 0 N–H and O–H groups in total. The standard InChI is InChI=1S/C28H29ClN4O3S2/c1-3-33(19-21-7-5-4-6-8-21)38(35,36)23-12-10-22(11-13-23)27(34)31-15-17-32(18-16-31)28-30-25-20(2)9-14-24(29)26(25)37-28/h4-14H,3,15-19H2,1-2H3. The molecule has 1 amide bonds. The Morgan fingerprint density at radius 3 is 2.32 bits per heavy atom. The van der Waals surface area contributed by atoms with Gasteiger partial charge < -0.3 is 9.80 Å². The first-order valence-electron chi connectivity index (χ1n) is 12.5. The Balaban J connectivity index is 1.24. The molecule has 1 aliphatic rings. The fourth-order valence-electron chi connectivity index (χ4n) is 4.58. The van der Waals surface area contributed by atoms with Crippen molar-refractivity contribution in [1.82, 2.24) is 14.2 Å². The molecule has 0 spiro atoms. The summed E-state index contributed by atoms with van der Waals surface area (Å²) >= 11 is 7.95. The molecule has 0 radical (unpaired) electrons. The van der Waals surface area contributed by atoms with Crippen molar-refractivity contribution in [3.8, 4) is 0 Å². The van der Waals surface area contributed by atoms with Crippen molar-refractivity contribution in [3.05, 3.63) is 88.4 Å². The van der Waals surface area contributed by atoms with Crippen molar-refractivity contribution >= 4 is 54.2 Å². The van der Waals surface area contributed by atoms with Crippen LogP contribution in [0.1, 0.15) is 28.4 Å². The lowest BCUT2D eigenvalue weighted by molar-refractivity contribution is 0.0746. The predicted octanol–water partition coefficient (Wildman–Crippen LogP) is 5.43. The number of rotatable bonds is 7. The van der Waals surface area contributed by atoms with Gasteiger partial charge in [-0.25, -0.2) is 13.4 Å². The van der Waals surface area contributed by atoms with Gasteiger partial charge >= 0.3 is 0 Å². The summed E-state index contributed by atoms with van der Waals surface area (Å²) in [5, 5.41) is 1.62. The van der Waals surface area contributed by atoms with Gasteiger partial charge in [-0.15, -0.1) is 0 Å². The van der Waals surface area contributed by atoms with Gasteiger partial charge in [0.15, 0.2) is 5.13 Å². The average Bonchev–Trinajstić information content (AvgIpc) is 3.41. The minimum absolute atomic E-state index is 0.103. The van der Waals surface area contributed by atoms with Gasteiger partial charge in [0.05, 0.1) is 20.1 Å². The largest absolute Gasteiger partial charge is 0.345 e. The predicted molar refractivity (Wildman–Crippen MR) is 154 cm³/mol. The zero-order chi connectivity index (χ0) is 26.9. The van der Waals surface area contributed by atoms with Gasteiger partial charge in [0.25, 0.3) is 5.91 Å². The van der Waals surface area contributed by atoms with E-state index < -0.39 is 10.0 Å². The number of fused-ring (bicyclic) bond motifs is 1. The Morgan fingerprint density at radius 1 is 1.00 bits per heavy atom. The highest BCUT2D eigenvalue weighted by Crippen LogP contribution is 2.36. The van der Waals surface area contributed by atoms with Crippen molar-refractivity contribution in [3.63, 3.8) is 0 Å². The van der Waals surface area contributed by atoms with E-state index in [9.17, 15) is 13.2 Å². The molecule has 1 aromatic heterocycles. The van der Waals surface area contributed by atoms with E-state index in [1.54, 1.807) is 28.4 Å². The summed E-state index contributed by atoms with van der Waals surface area (Å²) in [6.07, 6.45) is 0. The summed E-state index contributed by atoms with van der Waals surface area (Å²) in [5.41, 5.74) is 3.42. The fraction of sp³-hybridized carbons (Fsp3) is 0.286. The Kier molecular flexibility index (Phi) is 7.72. The molecule has 5 rings (SSSR count). The molecule has 2 heterocycles. The van der Waals surface area contributed by atoms with E-state index in [0.29, 0.717) is 49.9 Å². The number of hydrogen-bond donors (Lipinski definition) is 0. The highest BCUT2D eigenvalue weighted by Gasteiger charge is 2.26. The van der Waals surface area contributed by atoms with E-state index in [2.05, 4.69) is 4.90 Å². The Hall–Kier alpha value is -2.98. The number of piperazine rings is 1. The topological polar surface area (TPSA) is 73.8 Å². The van der Waals surface area contributed by atoms with Crippen molar-refractivity contribution in [2.45, 2.75) is 25.3 Å². The van der Waals surface area contributed by atoms with Gasteiger partial charge in [-0.1, -0.05) is 66.3 Å². The molecule has 0 atom stereocenters. The zero-order valence-corrected chi connectivity index (χ0v) is 23.7. The molecule has 0 bridgehead atoms. The molecule has 1 fully saturated rings. The summed E-state index contributed by atoms with van der Waals surface area (Å²) in [6, 6.07) is 19.7. The Bertz CT molecular complexity index is 1510. The highest BCUT2D eigenvalue weighted by molar-refractivity contribution is 7.89. The van der Waals surface area contributed by atoms with Crippen LogP contribution < -0.4 is 4.90 Å². The van der Waals surface area contributed by atoms with Gasteiger partial charge in [0.2, 0.25) is 10.0 Å². The number of halogens is 1. The quantitative estimate of drug-likeness (QED) is 0.297. The number of aromatic nitrogens is 1. The third-order valence-corrected chi connectivity index (χ3v) is 10.3. The van der Waals surface area contributed by atoms with Crippen LogP contribution in [0.2, 0.25) is 5.02 Å². The van der Waals surface area contributed by atoms with Crippen LogP contribution in [0.25, 0.3) is 10.2 Å². The number of carbonyl (C=O) groups excluding carboxylic acids is 1. The second-order valence-corrected chi connectivity index (χ2v) is 12.6. The number of aryl methyl sites for hydroxylation is 1. The van der Waals surface area contributed by atoms with Crippen LogP contribution in [-0.4, -0.2) is 61.2 Å². The number of hydrogen-bond acceptors (Lipinski definition) is 6. The summed E-state index contributed by atoms with van der Waals surface area (Å²) in [4.78, 5) is 22.2. The van der Waals surface area contributed by atoms with Crippen molar-refractivity contribution in [2.24, 2.45) is 0 Å². The molecule has 3 aromatic carbocycles. The Morgan fingerprint density at radius 2 is 1.68 bits per heavy atom. The van der Waals surface area contributed by atoms with E-state index >= 15 is 0 Å². The van der Waals surface area contributed by atoms with Crippen LogP contribution in [-0.2, 0) is 16.6 Å². The number of thiazole rings is 1. The van der Waals surface area contributed by atoms with Gasteiger partial charge in [0, 0.05) is 44.8 Å². The minimum Gasteiger partial charge on any atom is -0.345 e. The molecule has 7 nitrogen and oxygen atoms in total. The van der Waals surface area contributed by atoms with Crippen molar-refractivity contribution in [1.29, 1.82) is 0 Å². The van der Waals surface area contributed by atoms with E-state index in [0.717, 1.165) is 26.5 Å². The zero-order valence-electron chi connectivity index (χ0n) is 21.3. The lowest BCUT2D eigenvalue weighted by atomic mass is 10.2. The van der Waals surface area contributed by atoms with Crippen molar-refractivity contribution < 1.29 is 13.2 Å². The van der Waals surface area contributed by atoms with E-state index in [-0.39, 0.29) is 10.8 Å². The first kappa shape index (κ1) is 26.6. The maximum atomic E-state index is 13.2. The smallest absolute Gasteiger partial charge is 0.253 e. The van der Waals surface area contributed by atoms with Crippen LogP contribution in [0.4, 0.5) is 5.13 Å². The first-order valence-corrected chi connectivity index (χ1v) is 15.2. The summed E-state index contributed by atoms with van der Waals surface area (Å²) in [5.74, 6) is -0.103. The molecule has 1 saturated heterocycles. The number of benzene rings is 3. The van der Waals surface area contributed by atoms with E-state index in [4.69, 9.17) is 16.6 Å². The molecule has 0 saturated carbocycles. The summed E-state index contributed by atoms with van der Waals surface area (Å²) in [7, 11) is -3.69. The van der Waals surface area contributed by atoms with Crippen LogP contribution in [0, 0.1) is 6.92 Å². The number of carbonyl (C=O) groups is 1. The van der Waals surface area contributed by atoms with Crippen LogP contribution in [0.3, 0.4) is 0 Å². The fourth-order valence-corrected chi connectivity index (χ4v) is 7.39. The third-order valence-electron chi connectivity index (χ3n) is 6.82. The van der Waals surface area contributed by atoms with E-state index in [1.165, 1.54) is 16.4 Å². The highest BCUT2D eigenvalue weighted by atomic mass is 35.5. The summed E-state index contributed by atoms with van der Waals surface area (Å²) in [6.45, 7) is 6.94. The molecule has 0 unspecified atom stereocenters. The lowest BCUT2D eigenvalue weighted by Gasteiger charge is -2.34.